The summed E-state index contributed by atoms with van der Waals surface area (Å²) in [5, 5.41) is 4.40. The van der Waals surface area contributed by atoms with Crippen molar-refractivity contribution in [3.8, 4) is 0 Å². The van der Waals surface area contributed by atoms with Crippen molar-refractivity contribution < 1.29 is 18.8 Å². The molecule has 0 bridgehead atoms. The highest BCUT2D eigenvalue weighted by Crippen LogP contribution is 2.36. The Morgan fingerprint density at radius 2 is 1.91 bits per heavy atom. The van der Waals surface area contributed by atoms with Crippen molar-refractivity contribution in [2.75, 3.05) is 18.4 Å². The van der Waals surface area contributed by atoms with E-state index in [1.54, 1.807) is 4.90 Å². The standard InChI is InChI=1S/C26H39BN4O4/c1-9-17-13-19(27-34-25(5,6)26(7,8)35-27)14-18-15-28-22(30-21(17)18)29-20-11-10-12-31(16-20)23(32)33-24(2,3)4/h13-15,20H,9-12,16H2,1-8H3,(H,28,29,30). The van der Waals surface area contributed by atoms with Gasteiger partial charge in [-0.3, -0.25) is 0 Å². The van der Waals surface area contributed by atoms with Crippen LogP contribution in [0.15, 0.2) is 18.3 Å². The zero-order valence-electron chi connectivity index (χ0n) is 22.4. The van der Waals surface area contributed by atoms with Gasteiger partial charge >= 0.3 is 13.2 Å². The van der Waals surface area contributed by atoms with E-state index in [1.165, 1.54) is 0 Å². The highest BCUT2D eigenvalue weighted by atomic mass is 16.7. The second-order valence-corrected chi connectivity index (χ2v) is 11.7. The minimum atomic E-state index is -0.506. The second-order valence-electron chi connectivity index (χ2n) is 11.7. The van der Waals surface area contributed by atoms with Gasteiger partial charge in [0, 0.05) is 30.7 Å². The molecule has 190 valence electrons. The molecule has 2 aliphatic heterocycles. The number of nitrogens with zero attached hydrogens (tertiary/aromatic N) is 3. The molecule has 4 rings (SSSR count). The summed E-state index contributed by atoms with van der Waals surface area (Å²) in [6, 6.07) is 4.26. The first kappa shape index (κ1) is 25.7. The van der Waals surface area contributed by atoms with Crippen molar-refractivity contribution in [3.63, 3.8) is 0 Å². The molecule has 1 unspecified atom stereocenters. The number of aryl methyl sites for hydroxylation is 1. The predicted molar refractivity (Wildman–Crippen MR) is 139 cm³/mol. The first-order chi connectivity index (χ1) is 16.3. The first-order valence-corrected chi connectivity index (χ1v) is 12.7. The molecule has 1 atom stereocenters. The van der Waals surface area contributed by atoms with Crippen LogP contribution in [0.25, 0.3) is 10.9 Å². The number of rotatable bonds is 4. The Kier molecular flexibility index (Phi) is 6.79. The van der Waals surface area contributed by atoms with Gasteiger partial charge in [-0.15, -0.1) is 0 Å². The Morgan fingerprint density at radius 1 is 1.23 bits per heavy atom. The zero-order valence-corrected chi connectivity index (χ0v) is 22.4. The molecule has 2 saturated heterocycles. The summed E-state index contributed by atoms with van der Waals surface area (Å²) in [7, 11) is -0.423. The van der Waals surface area contributed by atoms with Gasteiger partial charge in [0.2, 0.25) is 5.95 Å². The number of amides is 1. The van der Waals surface area contributed by atoms with Crippen LogP contribution in [0.1, 0.15) is 73.8 Å². The second kappa shape index (κ2) is 9.24. The van der Waals surface area contributed by atoms with Crippen molar-refractivity contribution in [1.29, 1.82) is 0 Å². The fraction of sp³-hybridized carbons (Fsp3) is 0.654. The summed E-state index contributed by atoms with van der Waals surface area (Å²) in [4.78, 5) is 23.7. The van der Waals surface area contributed by atoms with Crippen LogP contribution in [0.2, 0.25) is 0 Å². The Balaban J connectivity index is 1.52. The maximum absolute atomic E-state index is 12.5. The minimum absolute atomic E-state index is 0.0721. The lowest BCUT2D eigenvalue weighted by Gasteiger charge is -2.34. The monoisotopic (exact) mass is 482 g/mol. The Morgan fingerprint density at radius 3 is 2.54 bits per heavy atom. The summed E-state index contributed by atoms with van der Waals surface area (Å²) in [6.07, 6.45) is 4.26. The summed E-state index contributed by atoms with van der Waals surface area (Å²) in [5.74, 6) is 0.576. The van der Waals surface area contributed by atoms with Gasteiger partial charge < -0.3 is 24.3 Å². The van der Waals surface area contributed by atoms with Crippen LogP contribution in [0.3, 0.4) is 0 Å². The zero-order chi connectivity index (χ0) is 25.6. The molecule has 0 spiro atoms. The van der Waals surface area contributed by atoms with Crippen LogP contribution in [0, 0.1) is 0 Å². The topological polar surface area (TPSA) is 85.8 Å². The molecule has 35 heavy (non-hydrogen) atoms. The third kappa shape index (κ3) is 5.56. The van der Waals surface area contributed by atoms with Crippen LogP contribution in [0.4, 0.5) is 10.7 Å². The van der Waals surface area contributed by atoms with Gasteiger partial charge in [0.1, 0.15) is 5.60 Å². The number of aromatic nitrogens is 2. The number of benzene rings is 1. The van der Waals surface area contributed by atoms with Crippen molar-refractivity contribution in [2.45, 2.75) is 97.5 Å². The average Bonchev–Trinajstić information content (AvgIpc) is 2.99. The molecule has 1 N–H and O–H groups in total. The van der Waals surface area contributed by atoms with Crippen LogP contribution >= 0.6 is 0 Å². The molecule has 1 amide bonds. The number of hydrogen-bond donors (Lipinski definition) is 1. The Hall–Kier alpha value is -2.39. The van der Waals surface area contributed by atoms with E-state index in [1.807, 2.05) is 27.0 Å². The average molecular weight is 482 g/mol. The largest absolute Gasteiger partial charge is 0.494 e. The fourth-order valence-corrected chi connectivity index (χ4v) is 4.47. The number of hydrogen-bond acceptors (Lipinski definition) is 7. The molecule has 1 aromatic heterocycles. The van der Waals surface area contributed by atoms with Gasteiger partial charge in [0.05, 0.1) is 16.7 Å². The lowest BCUT2D eigenvalue weighted by atomic mass is 9.77. The van der Waals surface area contributed by atoms with E-state index in [9.17, 15) is 4.79 Å². The van der Waals surface area contributed by atoms with E-state index >= 15 is 0 Å². The highest BCUT2D eigenvalue weighted by molar-refractivity contribution is 6.62. The first-order valence-electron chi connectivity index (χ1n) is 12.7. The number of carbonyl (C=O) groups excluding carboxylic acids is 1. The molecule has 0 saturated carbocycles. The van der Waals surface area contributed by atoms with Crippen molar-refractivity contribution in [1.82, 2.24) is 14.9 Å². The van der Waals surface area contributed by atoms with Crippen molar-refractivity contribution in [3.05, 3.63) is 23.9 Å². The summed E-state index contributed by atoms with van der Waals surface area (Å²) in [5.41, 5.74) is 1.74. The van der Waals surface area contributed by atoms with Gasteiger partial charge in [-0.05, 0) is 78.8 Å². The quantitative estimate of drug-likeness (QED) is 0.651. The van der Waals surface area contributed by atoms with E-state index in [-0.39, 0.29) is 12.1 Å². The summed E-state index contributed by atoms with van der Waals surface area (Å²) >= 11 is 0. The molecule has 0 aliphatic carbocycles. The molecule has 2 aromatic rings. The van der Waals surface area contributed by atoms with Crippen molar-refractivity contribution >= 4 is 35.5 Å². The predicted octanol–water partition coefficient (Wildman–Crippen LogP) is 4.30. The van der Waals surface area contributed by atoms with E-state index in [0.717, 1.165) is 41.2 Å². The van der Waals surface area contributed by atoms with Gasteiger partial charge in [0.25, 0.3) is 0 Å². The molecule has 3 heterocycles. The van der Waals surface area contributed by atoms with Gasteiger partial charge in [0.15, 0.2) is 0 Å². The molecule has 8 nitrogen and oxygen atoms in total. The SMILES string of the molecule is CCc1cc(B2OC(C)(C)C(C)(C)O2)cc2cnc(NC3CCCN(C(=O)OC(C)(C)C)C3)nc12. The van der Waals surface area contributed by atoms with Gasteiger partial charge in [-0.2, -0.15) is 0 Å². The number of piperidine rings is 1. The van der Waals surface area contributed by atoms with Crippen molar-refractivity contribution in [2.24, 2.45) is 0 Å². The summed E-state index contributed by atoms with van der Waals surface area (Å²) < 4.78 is 18.1. The molecular formula is C26H39BN4O4. The lowest BCUT2D eigenvalue weighted by Crippen LogP contribution is -2.47. The molecule has 1 aromatic carbocycles. The van der Waals surface area contributed by atoms with Crippen LogP contribution in [-0.4, -0.2) is 64.0 Å². The number of likely N-dealkylation sites (tertiary alicyclic amines) is 1. The lowest BCUT2D eigenvalue weighted by molar-refractivity contribution is 0.00578. The minimum Gasteiger partial charge on any atom is -0.444 e. The third-order valence-electron chi connectivity index (χ3n) is 7.10. The Labute approximate surface area is 209 Å². The Bertz CT molecular complexity index is 1080. The maximum Gasteiger partial charge on any atom is 0.494 e. The highest BCUT2D eigenvalue weighted by Gasteiger charge is 2.51. The van der Waals surface area contributed by atoms with Crippen LogP contribution < -0.4 is 10.8 Å². The smallest absolute Gasteiger partial charge is 0.444 e. The summed E-state index contributed by atoms with van der Waals surface area (Å²) in [6.45, 7) is 17.3. The number of nitrogens with one attached hydrogen (secondary N) is 1. The normalized spacial score (nSPS) is 21.9. The maximum atomic E-state index is 12.5. The molecule has 0 radical (unpaired) electrons. The van der Waals surface area contributed by atoms with Crippen LogP contribution in [-0.2, 0) is 20.5 Å². The number of ether oxygens (including phenoxy) is 1. The van der Waals surface area contributed by atoms with E-state index in [4.69, 9.17) is 19.0 Å². The third-order valence-corrected chi connectivity index (χ3v) is 7.10. The molecule has 2 fully saturated rings. The van der Waals surface area contributed by atoms with Crippen LogP contribution in [0.5, 0.6) is 0 Å². The number of carbonyl (C=O) groups is 1. The van der Waals surface area contributed by atoms with Gasteiger partial charge in [-0.25, -0.2) is 14.8 Å². The van der Waals surface area contributed by atoms with E-state index in [2.05, 4.69) is 57.1 Å². The fourth-order valence-electron chi connectivity index (χ4n) is 4.47. The molecule has 2 aliphatic rings. The van der Waals surface area contributed by atoms with E-state index in [0.29, 0.717) is 19.0 Å². The molecular weight excluding hydrogens is 443 g/mol. The molecule has 9 heteroatoms. The van der Waals surface area contributed by atoms with Gasteiger partial charge in [-0.1, -0.05) is 19.1 Å². The van der Waals surface area contributed by atoms with E-state index < -0.39 is 23.9 Å². The number of anilines is 1. The number of fused-ring (bicyclic) bond motifs is 1.